The van der Waals surface area contributed by atoms with Gasteiger partial charge in [0.1, 0.15) is 19.2 Å². The second kappa shape index (κ2) is 9.30. The van der Waals surface area contributed by atoms with E-state index in [1.54, 1.807) is 7.11 Å². The van der Waals surface area contributed by atoms with Gasteiger partial charge < -0.3 is 19.3 Å². The van der Waals surface area contributed by atoms with Crippen molar-refractivity contribution in [1.82, 2.24) is 4.57 Å². The van der Waals surface area contributed by atoms with Crippen molar-refractivity contribution in [3.63, 3.8) is 0 Å². The van der Waals surface area contributed by atoms with E-state index in [1.807, 2.05) is 12.1 Å². The molecule has 1 aromatic carbocycles. The molecule has 2 N–H and O–H groups in total. The molecule has 0 aliphatic carbocycles. The fourth-order valence-corrected chi connectivity index (χ4v) is 2.82. The van der Waals surface area contributed by atoms with E-state index >= 15 is 0 Å². The fourth-order valence-electron chi connectivity index (χ4n) is 2.82. The molecule has 0 saturated carbocycles. The quantitative estimate of drug-likeness (QED) is 0.645. The van der Waals surface area contributed by atoms with Crippen LogP contribution in [0, 0.1) is 0 Å². The number of methoxy groups -OCH3 is 1. The van der Waals surface area contributed by atoms with E-state index < -0.39 is 6.10 Å². The molecule has 0 fully saturated rings. The Bertz CT molecular complexity index is 580. The average Bonchev–Trinajstić information content (AvgIpc) is 2.96. The van der Waals surface area contributed by atoms with Crippen LogP contribution in [0.5, 0.6) is 0 Å². The van der Waals surface area contributed by atoms with E-state index in [0.29, 0.717) is 13.2 Å². The molecule has 4 heteroatoms. The van der Waals surface area contributed by atoms with Crippen LogP contribution in [0.15, 0.2) is 61.3 Å². The molecule has 0 amide bonds. The normalized spacial score (nSPS) is 13.7. The first-order valence-corrected chi connectivity index (χ1v) is 8.02. The Kier molecular flexibility index (Phi) is 7.07. The molecule has 0 radical (unpaired) electrons. The van der Waals surface area contributed by atoms with Crippen LogP contribution in [0.3, 0.4) is 0 Å². The lowest BCUT2D eigenvalue weighted by atomic mass is 10.2. The van der Waals surface area contributed by atoms with Crippen molar-refractivity contribution in [3.8, 4) is 0 Å². The summed E-state index contributed by atoms with van der Waals surface area (Å²) in [6, 6.07) is 14.7. The minimum atomic E-state index is -0.451. The highest BCUT2D eigenvalue weighted by Gasteiger charge is 2.16. The molecular weight excluding hydrogens is 288 g/mol. The third-order valence-electron chi connectivity index (χ3n) is 3.87. The molecule has 4 nitrogen and oxygen atoms in total. The monoisotopic (exact) mass is 315 g/mol. The van der Waals surface area contributed by atoms with E-state index in [0.717, 1.165) is 19.6 Å². The molecule has 23 heavy (non-hydrogen) atoms. The Morgan fingerprint density at radius 1 is 1.26 bits per heavy atom. The number of rotatable bonds is 10. The Balaban J connectivity index is 2.02. The van der Waals surface area contributed by atoms with Gasteiger partial charge in [0.15, 0.2) is 0 Å². The van der Waals surface area contributed by atoms with Crippen LogP contribution < -0.4 is 4.90 Å². The molecule has 1 unspecified atom stereocenters. The second-order valence-corrected chi connectivity index (χ2v) is 5.85. The predicted molar refractivity (Wildman–Crippen MR) is 92.5 cm³/mol. The topological polar surface area (TPSA) is 38.8 Å². The van der Waals surface area contributed by atoms with Crippen LogP contribution in [0.25, 0.3) is 0 Å². The fraction of sp³-hybridized carbons (Fsp3) is 0.368. The third kappa shape index (κ3) is 5.67. The third-order valence-corrected chi connectivity index (χ3v) is 3.87. The molecule has 2 aromatic rings. The zero-order chi connectivity index (χ0) is 16.5. The van der Waals surface area contributed by atoms with Gasteiger partial charge in [-0.25, -0.2) is 0 Å². The molecule has 2 atom stereocenters. The minimum absolute atomic E-state index is 0.367. The predicted octanol–water partition coefficient (Wildman–Crippen LogP) is 1.11. The van der Waals surface area contributed by atoms with Crippen molar-refractivity contribution in [2.75, 3.05) is 26.8 Å². The molecule has 124 valence electrons. The maximum atomic E-state index is 9.99. The van der Waals surface area contributed by atoms with Crippen LogP contribution in [0.2, 0.25) is 0 Å². The number of hydrogen-bond donors (Lipinski definition) is 2. The summed E-state index contributed by atoms with van der Waals surface area (Å²) in [6.07, 6.45) is 3.56. The largest absolute Gasteiger partial charge is 0.385 e. The maximum Gasteiger partial charge on any atom is 0.126 e. The second-order valence-electron chi connectivity index (χ2n) is 5.85. The minimum Gasteiger partial charge on any atom is -0.385 e. The summed E-state index contributed by atoms with van der Waals surface area (Å²) in [6.45, 7) is 7.39. The van der Waals surface area contributed by atoms with Crippen LogP contribution in [-0.2, 0) is 17.8 Å². The van der Waals surface area contributed by atoms with Crippen molar-refractivity contribution in [1.29, 1.82) is 0 Å². The average molecular weight is 315 g/mol. The smallest absolute Gasteiger partial charge is 0.126 e. The summed E-state index contributed by atoms with van der Waals surface area (Å²) in [5.74, 6) is 0. The number of nitrogens with zero attached hydrogens (tertiary/aromatic N) is 1. The Labute approximate surface area is 138 Å². The van der Waals surface area contributed by atoms with Gasteiger partial charge >= 0.3 is 0 Å². The summed E-state index contributed by atoms with van der Waals surface area (Å²) in [5.41, 5.74) is 2.55. The lowest BCUT2D eigenvalue weighted by Gasteiger charge is -2.21. The zero-order valence-electron chi connectivity index (χ0n) is 13.8. The van der Waals surface area contributed by atoms with E-state index in [4.69, 9.17) is 4.74 Å². The van der Waals surface area contributed by atoms with Gasteiger partial charge in [0.2, 0.25) is 0 Å². The van der Waals surface area contributed by atoms with E-state index in [-0.39, 0.29) is 0 Å². The number of quaternary nitrogens is 1. The first kappa shape index (κ1) is 17.5. The maximum absolute atomic E-state index is 9.99. The van der Waals surface area contributed by atoms with E-state index in [1.165, 1.54) is 16.2 Å². The standard InChI is InChI=1S/C19H26N2O2/c1-3-11-20(15-19(22)16-23-2)14-18-10-7-12-21(18)13-17-8-5-4-6-9-17/h3-10,12,19,22H,1,11,13-16H2,2H3/p+1/t19-/m1/s1. The highest BCUT2D eigenvalue weighted by Crippen LogP contribution is 2.07. The van der Waals surface area contributed by atoms with E-state index in [2.05, 4.69) is 53.7 Å². The van der Waals surface area contributed by atoms with Gasteiger partial charge in [0, 0.05) is 19.9 Å². The van der Waals surface area contributed by atoms with Crippen molar-refractivity contribution >= 4 is 0 Å². The molecule has 2 rings (SSSR count). The molecule has 0 saturated heterocycles. The SMILES string of the molecule is C=CC[NH+](Cc1cccn1Cc1ccccc1)C[C@@H](O)COC. The van der Waals surface area contributed by atoms with Gasteiger partial charge in [0.05, 0.1) is 18.8 Å². The number of aliphatic hydroxyl groups is 1. The molecular formula is C19H27N2O2+. The lowest BCUT2D eigenvalue weighted by Crippen LogP contribution is -3.11. The van der Waals surface area contributed by atoms with Crippen molar-refractivity contribution in [2.45, 2.75) is 19.2 Å². The van der Waals surface area contributed by atoms with Crippen molar-refractivity contribution < 1.29 is 14.7 Å². The van der Waals surface area contributed by atoms with Crippen LogP contribution in [0.1, 0.15) is 11.3 Å². The van der Waals surface area contributed by atoms with E-state index in [9.17, 15) is 5.11 Å². The molecule has 0 bridgehead atoms. The number of benzene rings is 1. The van der Waals surface area contributed by atoms with Gasteiger partial charge in [-0.1, -0.05) is 36.9 Å². The first-order valence-electron chi connectivity index (χ1n) is 8.02. The van der Waals surface area contributed by atoms with Gasteiger partial charge in [-0.2, -0.15) is 0 Å². The molecule has 0 aliphatic heterocycles. The summed E-state index contributed by atoms with van der Waals surface area (Å²) in [4.78, 5) is 1.28. The molecule has 0 aliphatic rings. The van der Waals surface area contributed by atoms with Gasteiger partial charge in [0.25, 0.3) is 0 Å². The number of ether oxygens (including phenoxy) is 1. The summed E-state index contributed by atoms with van der Waals surface area (Å²) >= 11 is 0. The van der Waals surface area contributed by atoms with Crippen LogP contribution in [0.4, 0.5) is 0 Å². The van der Waals surface area contributed by atoms with Gasteiger partial charge in [-0.15, -0.1) is 0 Å². The number of aromatic nitrogens is 1. The van der Waals surface area contributed by atoms with Gasteiger partial charge in [-0.3, -0.25) is 0 Å². The lowest BCUT2D eigenvalue weighted by molar-refractivity contribution is -0.911. The summed E-state index contributed by atoms with van der Waals surface area (Å²) in [5, 5.41) is 9.99. The van der Waals surface area contributed by atoms with Gasteiger partial charge in [-0.05, 0) is 23.8 Å². The van der Waals surface area contributed by atoms with Crippen LogP contribution >= 0.6 is 0 Å². The Morgan fingerprint density at radius 2 is 2.04 bits per heavy atom. The summed E-state index contributed by atoms with van der Waals surface area (Å²) < 4.78 is 7.29. The highest BCUT2D eigenvalue weighted by molar-refractivity contribution is 5.17. The van der Waals surface area contributed by atoms with Crippen molar-refractivity contribution in [3.05, 3.63) is 72.6 Å². The number of hydrogen-bond acceptors (Lipinski definition) is 2. The van der Waals surface area contributed by atoms with Crippen LogP contribution in [-0.4, -0.2) is 42.6 Å². The highest BCUT2D eigenvalue weighted by atomic mass is 16.5. The molecule has 1 aromatic heterocycles. The molecule has 1 heterocycles. The number of aliphatic hydroxyl groups excluding tert-OH is 1. The Morgan fingerprint density at radius 3 is 2.74 bits per heavy atom. The zero-order valence-corrected chi connectivity index (χ0v) is 13.8. The van der Waals surface area contributed by atoms with Crippen molar-refractivity contribution in [2.24, 2.45) is 0 Å². The Hall–Kier alpha value is -1.88. The number of nitrogens with one attached hydrogen (secondary N) is 1. The summed E-state index contributed by atoms with van der Waals surface area (Å²) in [7, 11) is 1.61. The molecule has 0 spiro atoms. The first-order chi connectivity index (χ1) is 11.2.